The van der Waals surface area contributed by atoms with Gasteiger partial charge in [0.15, 0.2) is 0 Å². The van der Waals surface area contributed by atoms with E-state index in [0.717, 1.165) is 36.3 Å². The fourth-order valence-corrected chi connectivity index (χ4v) is 2.93. The van der Waals surface area contributed by atoms with Crippen LogP contribution in [0, 0.1) is 12.7 Å². The van der Waals surface area contributed by atoms with Gasteiger partial charge in [-0.3, -0.25) is 0 Å². The number of aryl methyl sites for hydroxylation is 1. The van der Waals surface area contributed by atoms with Gasteiger partial charge >= 0.3 is 6.03 Å². The van der Waals surface area contributed by atoms with Gasteiger partial charge in [0.05, 0.1) is 0 Å². The molecule has 0 radical (unpaired) electrons. The zero-order valence-corrected chi connectivity index (χ0v) is 13.8. The average Bonchev–Trinajstić information content (AvgIpc) is 2.57. The number of hydrogen-bond donors (Lipinski definition) is 2. The van der Waals surface area contributed by atoms with Gasteiger partial charge in [-0.15, -0.1) is 0 Å². The van der Waals surface area contributed by atoms with Crippen LogP contribution >= 0.6 is 0 Å². The van der Waals surface area contributed by atoms with Crippen molar-refractivity contribution >= 4 is 17.4 Å². The molecular weight excluding hydrogens is 305 g/mol. The van der Waals surface area contributed by atoms with Crippen molar-refractivity contribution < 1.29 is 9.18 Å². The minimum absolute atomic E-state index is 0.0930. The van der Waals surface area contributed by atoms with Gasteiger partial charge in [-0.2, -0.15) is 0 Å². The highest BCUT2D eigenvalue weighted by atomic mass is 19.1. The van der Waals surface area contributed by atoms with Crippen LogP contribution in [0.25, 0.3) is 0 Å². The number of nitrogens with zero attached hydrogens (tertiary/aromatic N) is 1. The quantitative estimate of drug-likeness (QED) is 0.885. The van der Waals surface area contributed by atoms with E-state index in [1.807, 2.05) is 37.3 Å². The third kappa shape index (κ3) is 4.25. The molecule has 1 unspecified atom stereocenters. The van der Waals surface area contributed by atoms with Crippen LogP contribution in [0.1, 0.15) is 18.4 Å². The SMILES string of the molecule is Cc1ccc(NC(=O)N2CCCC(Nc3cccc(F)c3)C2)cc1. The fraction of sp³-hybridized carbons (Fsp3) is 0.316. The Bertz CT molecular complexity index is 702. The topological polar surface area (TPSA) is 44.4 Å². The van der Waals surface area contributed by atoms with Crippen molar-refractivity contribution in [1.29, 1.82) is 0 Å². The molecule has 3 rings (SSSR count). The van der Waals surface area contributed by atoms with Gasteiger partial charge in [0.25, 0.3) is 0 Å². The number of piperidine rings is 1. The molecule has 4 nitrogen and oxygen atoms in total. The third-order valence-corrected chi connectivity index (χ3v) is 4.21. The van der Waals surface area contributed by atoms with E-state index in [9.17, 15) is 9.18 Å². The van der Waals surface area contributed by atoms with Crippen LogP contribution in [0.15, 0.2) is 48.5 Å². The van der Waals surface area contributed by atoms with E-state index in [0.29, 0.717) is 6.54 Å². The highest BCUT2D eigenvalue weighted by Crippen LogP contribution is 2.18. The summed E-state index contributed by atoms with van der Waals surface area (Å²) in [5.74, 6) is -0.259. The van der Waals surface area contributed by atoms with E-state index in [1.54, 1.807) is 11.0 Å². The van der Waals surface area contributed by atoms with Crippen LogP contribution in [-0.4, -0.2) is 30.1 Å². The molecule has 0 saturated carbocycles. The minimum atomic E-state index is -0.259. The largest absolute Gasteiger partial charge is 0.380 e. The molecule has 2 N–H and O–H groups in total. The Labute approximate surface area is 141 Å². The lowest BCUT2D eigenvalue weighted by atomic mass is 10.1. The van der Waals surface area contributed by atoms with Crippen LogP contribution in [0.3, 0.4) is 0 Å². The first-order valence-corrected chi connectivity index (χ1v) is 8.25. The van der Waals surface area contributed by atoms with Gasteiger partial charge in [0, 0.05) is 30.5 Å². The van der Waals surface area contributed by atoms with Gasteiger partial charge in [-0.1, -0.05) is 23.8 Å². The summed E-state index contributed by atoms with van der Waals surface area (Å²) in [6.07, 6.45) is 1.89. The van der Waals surface area contributed by atoms with E-state index < -0.39 is 0 Å². The normalized spacial score (nSPS) is 17.4. The Morgan fingerprint density at radius 1 is 1.17 bits per heavy atom. The van der Waals surface area contributed by atoms with E-state index in [-0.39, 0.29) is 17.9 Å². The smallest absolute Gasteiger partial charge is 0.321 e. The fourth-order valence-electron chi connectivity index (χ4n) is 2.93. The number of carbonyl (C=O) groups is 1. The Kier molecular flexibility index (Phi) is 4.99. The number of anilines is 2. The molecule has 0 aliphatic carbocycles. The highest BCUT2D eigenvalue weighted by molar-refractivity contribution is 5.89. The summed E-state index contributed by atoms with van der Waals surface area (Å²) in [5.41, 5.74) is 2.71. The molecule has 2 amide bonds. The predicted octanol–water partition coefficient (Wildman–Crippen LogP) is 4.24. The Balaban J connectivity index is 1.58. The number of nitrogens with one attached hydrogen (secondary N) is 2. The minimum Gasteiger partial charge on any atom is -0.380 e. The second kappa shape index (κ2) is 7.34. The molecule has 1 heterocycles. The van der Waals surface area contributed by atoms with Gasteiger partial charge in [0.2, 0.25) is 0 Å². The number of benzene rings is 2. The lowest BCUT2D eigenvalue weighted by Crippen LogP contribution is -2.46. The molecule has 1 saturated heterocycles. The van der Waals surface area contributed by atoms with Crippen molar-refractivity contribution in [1.82, 2.24) is 4.90 Å². The van der Waals surface area contributed by atoms with Gasteiger partial charge < -0.3 is 15.5 Å². The second-order valence-corrected chi connectivity index (χ2v) is 6.24. The van der Waals surface area contributed by atoms with Crippen LogP contribution < -0.4 is 10.6 Å². The maximum Gasteiger partial charge on any atom is 0.321 e. The summed E-state index contributed by atoms with van der Waals surface area (Å²) in [4.78, 5) is 14.2. The molecule has 2 aromatic carbocycles. The number of amides is 2. The van der Waals surface area contributed by atoms with Crippen LogP contribution in [-0.2, 0) is 0 Å². The van der Waals surface area contributed by atoms with Gasteiger partial charge in [0.1, 0.15) is 5.82 Å². The number of rotatable bonds is 3. The van der Waals surface area contributed by atoms with Crippen molar-refractivity contribution in [2.75, 3.05) is 23.7 Å². The molecule has 1 fully saturated rings. The molecular formula is C19H22FN3O. The molecule has 0 spiro atoms. The number of urea groups is 1. The summed E-state index contributed by atoms with van der Waals surface area (Å²) in [5, 5.41) is 6.25. The van der Waals surface area contributed by atoms with Crippen molar-refractivity contribution in [3.8, 4) is 0 Å². The van der Waals surface area contributed by atoms with E-state index >= 15 is 0 Å². The summed E-state index contributed by atoms with van der Waals surface area (Å²) in [6, 6.07) is 14.2. The van der Waals surface area contributed by atoms with Crippen molar-refractivity contribution in [2.45, 2.75) is 25.8 Å². The second-order valence-electron chi connectivity index (χ2n) is 6.24. The molecule has 2 aromatic rings. The first kappa shape index (κ1) is 16.3. The Morgan fingerprint density at radius 3 is 2.71 bits per heavy atom. The van der Waals surface area contributed by atoms with E-state index in [4.69, 9.17) is 0 Å². The zero-order valence-electron chi connectivity index (χ0n) is 13.8. The molecule has 5 heteroatoms. The van der Waals surface area contributed by atoms with Crippen molar-refractivity contribution in [3.05, 3.63) is 59.9 Å². The van der Waals surface area contributed by atoms with Gasteiger partial charge in [-0.25, -0.2) is 9.18 Å². The monoisotopic (exact) mass is 327 g/mol. The molecule has 0 aromatic heterocycles. The number of hydrogen-bond acceptors (Lipinski definition) is 2. The first-order valence-electron chi connectivity index (χ1n) is 8.25. The van der Waals surface area contributed by atoms with Crippen LogP contribution in [0.4, 0.5) is 20.6 Å². The molecule has 1 aliphatic rings. The van der Waals surface area contributed by atoms with Crippen molar-refractivity contribution in [2.24, 2.45) is 0 Å². The third-order valence-electron chi connectivity index (χ3n) is 4.21. The Hall–Kier alpha value is -2.56. The summed E-state index contributed by atoms with van der Waals surface area (Å²) >= 11 is 0. The summed E-state index contributed by atoms with van der Waals surface area (Å²) in [7, 11) is 0. The summed E-state index contributed by atoms with van der Waals surface area (Å²) < 4.78 is 13.3. The number of likely N-dealkylation sites (tertiary alicyclic amines) is 1. The molecule has 1 atom stereocenters. The van der Waals surface area contributed by atoms with E-state index in [2.05, 4.69) is 10.6 Å². The maximum atomic E-state index is 13.3. The number of carbonyl (C=O) groups excluding carboxylic acids is 1. The van der Waals surface area contributed by atoms with Gasteiger partial charge in [-0.05, 0) is 50.1 Å². The lowest BCUT2D eigenvalue weighted by molar-refractivity contribution is 0.196. The predicted molar refractivity (Wildman–Crippen MR) is 94.8 cm³/mol. The summed E-state index contributed by atoms with van der Waals surface area (Å²) in [6.45, 7) is 3.35. The average molecular weight is 327 g/mol. The van der Waals surface area contributed by atoms with Crippen molar-refractivity contribution in [3.63, 3.8) is 0 Å². The lowest BCUT2D eigenvalue weighted by Gasteiger charge is -2.33. The van der Waals surface area contributed by atoms with E-state index in [1.165, 1.54) is 12.1 Å². The molecule has 24 heavy (non-hydrogen) atoms. The Morgan fingerprint density at radius 2 is 1.96 bits per heavy atom. The van der Waals surface area contributed by atoms with Crippen LogP contribution in [0.5, 0.6) is 0 Å². The zero-order chi connectivity index (χ0) is 16.9. The standard InChI is InChI=1S/C19H22FN3O/c1-14-7-9-16(10-8-14)22-19(24)23-11-3-6-18(13-23)21-17-5-2-4-15(20)12-17/h2,4-5,7-10,12,18,21H,3,6,11,13H2,1H3,(H,22,24). The molecule has 1 aliphatic heterocycles. The highest BCUT2D eigenvalue weighted by Gasteiger charge is 2.23. The number of halogens is 1. The van der Waals surface area contributed by atoms with Crippen LogP contribution in [0.2, 0.25) is 0 Å². The molecule has 0 bridgehead atoms. The maximum absolute atomic E-state index is 13.3. The first-order chi connectivity index (χ1) is 11.6. The molecule has 126 valence electrons.